The van der Waals surface area contributed by atoms with E-state index >= 15 is 0 Å². The second kappa shape index (κ2) is 14.9. The number of benzene rings is 2. The minimum Gasteiger partial charge on any atom is -0.507 e. The molecule has 1 fully saturated rings. The number of fused-ring (bicyclic) bond motifs is 1. The highest BCUT2D eigenvalue weighted by Crippen LogP contribution is 2.33. The molecule has 2 aliphatic rings. The molecule has 49 heavy (non-hydrogen) atoms. The molecule has 0 bridgehead atoms. The van der Waals surface area contributed by atoms with Crippen LogP contribution in [-0.2, 0) is 24.0 Å². The van der Waals surface area contributed by atoms with Gasteiger partial charge in [0.25, 0.3) is 29.5 Å². The quantitative estimate of drug-likeness (QED) is 0.0734. The van der Waals surface area contributed by atoms with Gasteiger partial charge in [0, 0.05) is 38.2 Å². The lowest BCUT2D eigenvalue weighted by molar-refractivity contribution is -0.136. The van der Waals surface area contributed by atoms with E-state index in [4.69, 9.17) is 15.9 Å². The predicted molar refractivity (Wildman–Crippen MR) is 167 cm³/mol. The van der Waals surface area contributed by atoms with Crippen LogP contribution in [0.15, 0.2) is 42.5 Å². The van der Waals surface area contributed by atoms with Crippen LogP contribution in [0.4, 0.5) is 0 Å². The number of aliphatic hydroxyl groups is 1. The zero-order valence-corrected chi connectivity index (χ0v) is 25.9. The number of phenolic OH excluding ortho intramolecular Hbond substituents is 1. The average molecular weight is 678 g/mol. The first-order chi connectivity index (χ1) is 23.2. The number of piperidine rings is 1. The van der Waals surface area contributed by atoms with Gasteiger partial charge in [-0.25, -0.2) is 0 Å². The van der Waals surface area contributed by atoms with Crippen molar-refractivity contribution >= 4 is 58.7 Å². The normalized spacial score (nSPS) is 15.7. The molecule has 0 aromatic heterocycles. The number of nitrogens with one attached hydrogen (secondary N) is 4. The van der Waals surface area contributed by atoms with E-state index < -0.39 is 83.7 Å². The number of phenols is 1. The molecule has 2 heterocycles. The molecule has 2 aromatic carbocycles. The SMILES string of the molecule is CN(CCNC(=O)CNC(=O)COc1cccc2c1C(=O)N(C1CCC(=O)NC1=O)C2=O)C(=O)c1ccc(/C(O)=C/C(=N)C(N)=O)cc1O. The van der Waals surface area contributed by atoms with Gasteiger partial charge in [0.05, 0.1) is 23.2 Å². The minimum absolute atomic E-state index is 0.00541. The van der Waals surface area contributed by atoms with E-state index in [1.807, 2.05) is 0 Å². The van der Waals surface area contributed by atoms with E-state index in [2.05, 4.69) is 16.0 Å². The number of imide groups is 2. The lowest BCUT2D eigenvalue weighted by atomic mass is 10.0. The van der Waals surface area contributed by atoms with Gasteiger partial charge in [-0.1, -0.05) is 12.1 Å². The smallest absolute Gasteiger partial charge is 0.266 e. The molecule has 18 nitrogen and oxygen atoms in total. The van der Waals surface area contributed by atoms with E-state index in [1.54, 1.807) is 0 Å². The Bertz CT molecular complexity index is 1820. The molecule has 1 saturated heterocycles. The standard InChI is InChI=1S/C31H31N7O11/c1-37(29(46)16-6-5-15(11-21(16)40)20(39)12-18(32)27(33)44)10-9-34-24(42)13-35-25(43)14-49-22-4-2-3-17-26(22)31(48)38(30(17)47)19-7-8-23(41)36-28(19)45/h2-6,11-12,19,32,39-40H,7-10,13-14H2,1H3,(H2,33,44)(H,34,42)(H,35,43)(H,36,41,45)/b20-12-,32-18?. The average Bonchev–Trinajstić information content (AvgIpc) is 3.31. The molecule has 256 valence electrons. The van der Waals surface area contributed by atoms with Crippen molar-refractivity contribution in [3.05, 3.63) is 64.7 Å². The Hall–Kier alpha value is -6.59. The monoisotopic (exact) mass is 677 g/mol. The van der Waals surface area contributed by atoms with Crippen molar-refractivity contribution in [1.82, 2.24) is 25.8 Å². The van der Waals surface area contributed by atoms with Crippen LogP contribution in [0.25, 0.3) is 5.76 Å². The lowest BCUT2D eigenvalue weighted by Gasteiger charge is -2.27. The Labute approximate surface area is 277 Å². The molecule has 8 N–H and O–H groups in total. The highest BCUT2D eigenvalue weighted by molar-refractivity contribution is 6.42. The van der Waals surface area contributed by atoms with Gasteiger partial charge in [0.2, 0.25) is 17.7 Å². The number of hydrogen-bond donors (Lipinski definition) is 7. The summed E-state index contributed by atoms with van der Waals surface area (Å²) in [5.41, 5.74) is 4.02. The summed E-state index contributed by atoms with van der Waals surface area (Å²) in [5, 5.41) is 34.7. The molecule has 4 rings (SSSR count). The van der Waals surface area contributed by atoms with E-state index in [9.17, 15) is 48.6 Å². The summed E-state index contributed by atoms with van der Waals surface area (Å²) in [6.45, 7) is -1.10. The van der Waals surface area contributed by atoms with E-state index in [-0.39, 0.29) is 53.9 Å². The number of aromatic hydroxyl groups is 1. The summed E-state index contributed by atoms with van der Waals surface area (Å²) in [5.74, 6) is -6.96. The zero-order valence-electron chi connectivity index (χ0n) is 25.9. The maximum Gasteiger partial charge on any atom is 0.266 e. The molecule has 18 heteroatoms. The summed E-state index contributed by atoms with van der Waals surface area (Å²) in [4.78, 5) is 100. The number of rotatable bonds is 13. The first-order valence-electron chi connectivity index (χ1n) is 14.6. The van der Waals surface area contributed by atoms with Crippen molar-refractivity contribution in [3.63, 3.8) is 0 Å². The Morgan fingerprint density at radius 3 is 2.51 bits per heavy atom. The van der Waals surface area contributed by atoms with Crippen LogP contribution in [-0.4, -0.2) is 112 Å². The Morgan fingerprint density at radius 2 is 1.84 bits per heavy atom. The van der Waals surface area contributed by atoms with Crippen LogP contribution in [0, 0.1) is 5.41 Å². The van der Waals surface area contributed by atoms with Crippen LogP contribution in [0.3, 0.4) is 0 Å². The third-order valence-corrected chi connectivity index (χ3v) is 7.42. The predicted octanol–water partition coefficient (Wildman–Crippen LogP) is -1.42. The van der Waals surface area contributed by atoms with Crippen molar-refractivity contribution in [2.24, 2.45) is 5.73 Å². The topological polar surface area (TPSA) is 279 Å². The molecule has 1 unspecified atom stereocenters. The molecule has 0 spiro atoms. The fourth-order valence-electron chi connectivity index (χ4n) is 4.87. The highest BCUT2D eigenvalue weighted by atomic mass is 16.5. The maximum atomic E-state index is 13.1. The summed E-state index contributed by atoms with van der Waals surface area (Å²) < 4.78 is 5.47. The van der Waals surface area contributed by atoms with Crippen LogP contribution >= 0.6 is 0 Å². The molecule has 8 amide bonds. The van der Waals surface area contributed by atoms with Crippen LogP contribution in [0.5, 0.6) is 11.5 Å². The van der Waals surface area contributed by atoms with Gasteiger partial charge >= 0.3 is 0 Å². The Kier molecular flexibility index (Phi) is 10.7. The second-order valence-corrected chi connectivity index (χ2v) is 10.8. The van der Waals surface area contributed by atoms with Crippen LogP contribution < -0.4 is 26.4 Å². The highest BCUT2D eigenvalue weighted by Gasteiger charge is 2.46. The van der Waals surface area contributed by atoms with E-state index in [0.29, 0.717) is 0 Å². The fraction of sp³-hybridized carbons (Fsp3) is 0.258. The van der Waals surface area contributed by atoms with Gasteiger partial charge in [-0.2, -0.15) is 0 Å². The van der Waals surface area contributed by atoms with E-state index in [0.717, 1.165) is 17.0 Å². The first-order valence-corrected chi connectivity index (χ1v) is 14.6. The van der Waals surface area contributed by atoms with Gasteiger partial charge in [-0.15, -0.1) is 0 Å². The number of likely N-dealkylation sites (N-methyl/N-ethyl adjacent to an activating group) is 1. The largest absolute Gasteiger partial charge is 0.507 e. The first kappa shape index (κ1) is 35.3. The zero-order chi connectivity index (χ0) is 36.0. The number of hydrogen-bond acceptors (Lipinski definition) is 12. The second-order valence-electron chi connectivity index (χ2n) is 10.8. The van der Waals surface area contributed by atoms with Gasteiger partial charge in [0.15, 0.2) is 6.61 Å². The van der Waals surface area contributed by atoms with Crippen molar-refractivity contribution in [1.29, 1.82) is 5.41 Å². The molecule has 0 aliphatic carbocycles. The fourth-order valence-corrected chi connectivity index (χ4v) is 4.87. The molecule has 0 radical (unpaired) electrons. The molecular weight excluding hydrogens is 646 g/mol. The number of primary amides is 1. The van der Waals surface area contributed by atoms with Crippen molar-refractivity contribution in [3.8, 4) is 11.5 Å². The van der Waals surface area contributed by atoms with Gasteiger partial charge in [-0.3, -0.25) is 54.0 Å². The van der Waals surface area contributed by atoms with Gasteiger partial charge < -0.3 is 36.2 Å². The van der Waals surface area contributed by atoms with Gasteiger partial charge in [0.1, 0.15) is 29.0 Å². The van der Waals surface area contributed by atoms with Crippen molar-refractivity contribution in [2.75, 3.05) is 33.3 Å². The van der Waals surface area contributed by atoms with Crippen molar-refractivity contribution < 1.29 is 53.3 Å². The van der Waals surface area contributed by atoms with Crippen LogP contribution in [0.2, 0.25) is 0 Å². The lowest BCUT2D eigenvalue weighted by Crippen LogP contribution is -2.54. The number of carbonyl (C=O) groups is 8. The maximum absolute atomic E-state index is 13.1. The van der Waals surface area contributed by atoms with Crippen LogP contribution in [0.1, 0.15) is 49.5 Å². The van der Waals surface area contributed by atoms with Crippen molar-refractivity contribution in [2.45, 2.75) is 18.9 Å². The molecule has 0 saturated carbocycles. The van der Waals surface area contributed by atoms with Gasteiger partial charge in [-0.05, 0) is 30.7 Å². The number of ether oxygens (including phenoxy) is 1. The number of carbonyl (C=O) groups excluding carboxylic acids is 8. The molecule has 2 aromatic rings. The summed E-state index contributed by atoms with van der Waals surface area (Å²) in [6, 6.07) is 6.57. The Balaban J connectivity index is 1.22. The number of amides is 8. The number of nitrogens with zero attached hydrogens (tertiary/aromatic N) is 2. The summed E-state index contributed by atoms with van der Waals surface area (Å²) in [6.07, 6.45) is 0.723. The van der Waals surface area contributed by atoms with E-state index in [1.165, 1.54) is 42.3 Å². The summed E-state index contributed by atoms with van der Waals surface area (Å²) >= 11 is 0. The third-order valence-electron chi connectivity index (χ3n) is 7.42. The third kappa shape index (κ3) is 8.05. The number of nitrogens with two attached hydrogens (primary N) is 1. The Morgan fingerprint density at radius 1 is 1.10 bits per heavy atom. The molecule has 1 atom stereocenters. The molecule has 2 aliphatic heterocycles. The number of aliphatic hydroxyl groups excluding tert-OH is 1. The minimum atomic E-state index is -1.17. The summed E-state index contributed by atoms with van der Waals surface area (Å²) in [7, 11) is 1.41. The molecular formula is C31H31N7O11.